The molecule has 0 fully saturated rings. The molecule has 0 saturated carbocycles. The second kappa shape index (κ2) is 6.39. The summed E-state index contributed by atoms with van der Waals surface area (Å²) in [6.45, 7) is 0.628. The Hall–Kier alpha value is -3.86. The second-order valence-electron chi connectivity index (χ2n) is 6.77. The Kier molecular flexibility index (Phi) is 3.72. The summed E-state index contributed by atoms with van der Waals surface area (Å²) in [7, 11) is 0. The monoisotopic (exact) mass is 367 g/mol. The predicted molar refractivity (Wildman–Crippen MR) is 110 cm³/mol. The minimum Gasteiger partial charge on any atom is -0.478 e. The average Bonchev–Trinajstić information content (AvgIpc) is 3.29. The Morgan fingerprint density at radius 3 is 2.39 bits per heavy atom. The molecule has 3 aromatic carbocycles. The van der Waals surface area contributed by atoms with Gasteiger partial charge in [-0.05, 0) is 23.8 Å². The zero-order chi connectivity index (χ0) is 19.1. The first kappa shape index (κ1) is 16.3. The Balaban J connectivity index is 1.83. The SMILES string of the molecule is O=C(O)c1ccc2c3[nH]nc(-c4ccccc4)c3n(Cc3ccccc3)c2c1. The number of aromatic amines is 1. The zero-order valence-electron chi connectivity index (χ0n) is 15.0. The van der Waals surface area contributed by atoms with Gasteiger partial charge in [-0.1, -0.05) is 60.7 Å². The number of carboxylic acid groups (broad SMARTS) is 1. The predicted octanol–water partition coefficient (Wildman–Crippen LogP) is 4.93. The van der Waals surface area contributed by atoms with Gasteiger partial charge in [0.05, 0.1) is 22.1 Å². The number of aromatic nitrogens is 3. The minimum absolute atomic E-state index is 0.274. The quantitative estimate of drug-likeness (QED) is 0.473. The van der Waals surface area contributed by atoms with E-state index in [4.69, 9.17) is 0 Å². The largest absolute Gasteiger partial charge is 0.478 e. The first-order valence-corrected chi connectivity index (χ1v) is 9.05. The maximum Gasteiger partial charge on any atom is 0.335 e. The fraction of sp³-hybridized carbons (Fsp3) is 0.0435. The van der Waals surface area contributed by atoms with E-state index in [9.17, 15) is 9.90 Å². The van der Waals surface area contributed by atoms with E-state index in [1.54, 1.807) is 12.1 Å². The Bertz CT molecular complexity index is 1300. The number of fused-ring (bicyclic) bond motifs is 3. The molecule has 28 heavy (non-hydrogen) atoms. The van der Waals surface area contributed by atoms with Crippen LogP contribution >= 0.6 is 0 Å². The Morgan fingerprint density at radius 2 is 1.68 bits per heavy atom. The fourth-order valence-corrected chi connectivity index (χ4v) is 3.73. The summed E-state index contributed by atoms with van der Waals surface area (Å²) in [5, 5.41) is 18.2. The van der Waals surface area contributed by atoms with Crippen molar-refractivity contribution in [2.75, 3.05) is 0 Å². The highest BCUT2D eigenvalue weighted by Gasteiger charge is 2.19. The highest BCUT2D eigenvalue weighted by Crippen LogP contribution is 2.35. The van der Waals surface area contributed by atoms with Crippen molar-refractivity contribution in [1.29, 1.82) is 0 Å². The number of benzene rings is 3. The van der Waals surface area contributed by atoms with Crippen molar-refractivity contribution in [1.82, 2.24) is 14.8 Å². The van der Waals surface area contributed by atoms with Crippen LogP contribution in [0.15, 0.2) is 78.9 Å². The lowest BCUT2D eigenvalue weighted by molar-refractivity contribution is 0.0697. The van der Waals surface area contributed by atoms with E-state index in [-0.39, 0.29) is 5.56 Å². The summed E-state index contributed by atoms with van der Waals surface area (Å²) in [6.07, 6.45) is 0. The topological polar surface area (TPSA) is 70.9 Å². The summed E-state index contributed by atoms with van der Waals surface area (Å²) >= 11 is 0. The van der Waals surface area contributed by atoms with Crippen LogP contribution in [-0.2, 0) is 6.54 Å². The number of hydrogen-bond donors (Lipinski definition) is 2. The molecular weight excluding hydrogens is 350 g/mol. The molecule has 2 N–H and O–H groups in total. The van der Waals surface area contributed by atoms with Gasteiger partial charge in [-0.25, -0.2) is 4.79 Å². The molecule has 0 bridgehead atoms. The van der Waals surface area contributed by atoms with Crippen LogP contribution < -0.4 is 0 Å². The average molecular weight is 367 g/mol. The number of nitrogens with one attached hydrogen (secondary N) is 1. The Labute approximate surface area is 160 Å². The van der Waals surface area contributed by atoms with Gasteiger partial charge in [-0.15, -0.1) is 0 Å². The van der Waals surface area contributed by atoms with E-state index in [0.29, 0.717) is 6.54 Å². The molecule has 2 heterocycles. The highest BCUT2D eigenvalue weighted by atomic mass is 16.4. The number of carboxylic acids is 1. The van der Waals surface area contributed by atoms with E-state index >= 15 is 0 Å². The minimum atomic E-state index is -0.931. The van der Waals surface area contributed by atoms with Gasteiger partial charge in [-0.3, -0.25) is 5.10 Å². The highest BCUT2D eigenvalue weighted by molar-refractivity contribution is 6.11. The molecule has 5 heteroatoms. The van der Waals surface area contributed by atoms with Crippen molar-refractivity contribution in [3.63, 3.8) is 0 Å². The second-order valence-corrected chi connectivity index (χ2v) is 6.77. The van der Waals surface area contributed by atoms with Gasteiger partial charge in [0.2, 0.25) is 0 Å². The van der Waals surface area contributed by atoms with Crippen LogP contribution in [0, 0.1) is 0 Å². The molecule has 0 atom stereocenters. The maximum absolute atomic E-state index is 11.5. The van der Waals surface area contributed by atoms with Gasteiger partial charge in [-0.2, -0.15) is 5.10 Å². The lowest BCUT2D eigenvalue weighted by Crippen LogP contribution is -2.02. The van der Waals surface area contributed by atoms with Gasteiger partial charge >= 0.3 is 5.97 Å². The van der Waals surface area contributed by atoms with Crippen molar-refractivity contribution in [3.8, 4) is 11.3 Å². The molecule has 0 aliphatic heterocycles. The molecule has 0 saturated heterocycles. The van der Waals surface area contributed by atoms with Crippen LogP contribution in [0.25, 0.3) is 33.2 Å². The fourth-order valence-electron chi connectivity index (χ4n) is 3.73. The van der Waals surface area contributed by atoms with Crippen LogP contribution in [0.3, 0.4) is 0 Å². The van der Waals surface area contributed by atoms with Crippen molar-refractivity contribution in [2.24, 2.45) is 0 Å². The van der Waals surface area contributed by atoms with E-state index in [1.807, 2.05) is 54.6 Å². The van der Waals surface area contributed by atoms with Crippen LogP contribution in [0.2, 0.25) is 0 Å². The van der Waals surface area contributed by atoms with E-state index in [1.165, 1.54) is 0 Å². The number of nitrogens with zero attached hydrogens (tertiary/aromatic N) is 2. The smallest absolute Gasteiger partial charge is 0.335 e. The lowest BCUT2D eigenvalue weighted by atomic mass is 10.1. The maximum atomic E-state index is 11.5. The first-order valence-electron chi connectivity index (χ1n) is 9.05. The molecule has 0 spiro atoms. The standard InChI is InChI=1S/C23H17N3O2/c27-23(28)17-11-12-18-19(13-17)26(14-15-7-3-1-4-8-15)22-20(24-25-21(18)22)16-9-5-2-6-10-16/h1-13H,14H2,(H,24,25)(H,27,28). The molecule has 0 radical (unpaired) electrons. The van der Waals surface area contributed by atoms with E-state index in [2.05, 4.69) is 26.9 Å². The van der Waals surface area contributed by atoms with Crippen molar-refractivity contribution in [2.45, 2.75) is 6.54 Å². The van der Waals surface area contributed by atoms with Crippen LogP contribution in [0.5, 0.6) is 0 Å². The molecule has 5 nitrogen and oxygen atoms in total. The molecule has 0 aliphatic rings. The third kappa shape index (κ3) is 2.56. The summed E-state index contributed by atoms with van der Waals surface area (Å²) in [5.74, 6) is -0.931. The van der Waals surface area contributed by atoms with Crippen molar-refractivity contribution in [3.05, 3.63) is 90.0 Å². The third-order valence-corrected chi connectivity index (χ3v) is 5.05. The van der Waals surface area contributed by atoms with Gasteiger partial charge < -0.3 is 9.67 Å². The van der Waals surface area contributed by atoms with E-state index in [0.717, 1.165) is 38.8 Å². The molecular formula is C23H17N3O2. The van der Waals surface area contributed by atoms with Crippen LogP contribution in [0.4, 0.5) is 0 Å². The lowest BCUT2D eigenvalue weighted by Gasteiger charge is -2.09. The number of rotatable bonds is 4. The first-order chi connectivity index (χ1) is 13.7. The summed E-state index contributed by atoms with van der Waals surface area (Å²) in [6, 6.07) is 25.4. The molecule has 136 valence electrons. The van der Waals surface area contributed by atoms with Gasteiger partial charge in [0.1, 0.15) is 5.69 Å². The van der Waals surface area contributed by atoms with E-state index < -0.39 is 5.97 Å². The van der Waals surface area contributed by atoms with Crippen molar-refractivity contribution >= 4 is 27.9 Å². The molecule has 0 amide bonds. The third-order valence-electron chi connectivity index (χ3n) is 5.05. The van der Waals surface area contributed by atoms with Gasteiger partial charge in [0.15, 0.2) is 0 Å². The normalized spacial score (nSPS) is 11.3. The number of hydrogen-bond acceptors (Lipinski definition) is 2. The number of carbonyl (C=O) groups is 1. The van der Waals surface area contributed by atoms with Crippen LogP contribution in [-0.4, -0.2) is 25.8 Å². The summed E-state index contributed by atoms with van der Waals surface area (Å²) < 4.78 is 2.15. The molecule has 0 unspecified atom stereocenters. The molecule has 0 aliphatic carbocycles. The molecule has 5 rings (SSSR count). The summed E-state index contributed by atoms with van der Waals surface area (Å²) in [4.78, 5) is 11.5. The van der Waals surface area contributed by atoms with Gasteiger partial charge in [0.25, 0.3) is 0 Å². The number of aromatic carboxylic acids is 1. The Morgan fingerprint density at radius 1 is 0.964 bits per heavy atom. The van der Waals surface area contributed by atoms with Gasteiger partial charge in [0, 0.05) is 17.5 Å². The molecule has 2 aromatic heterocycles. The molecule has 5 aromatic rings. The van der Waals surface area contributed by atoms with Crippen molar-refractivity contribution < 1.29 is 9.90 Å². The summed E-state index contributed by atoms with van der Waals surface area (Å²) in [5.41, 5.74) is 6.07. The van der Waals surface area contributed by atoms with Crippen LogP contribution in [0.1, 0.15) is 15.9 Å². The number of H-pyrrole nitrogens is 1. The zero-order valence-corrected chi connectivity index (χ0v) is 15.0.